The van der Waals surface area contributed by atoms with Crippen molar-refractivity contribution in [2.45, 2.75) is 25.7 Å². The van der Waals surface area contributed by atoms with Crippen LogP contribution in [-0.4, -0.2) is 36.4 Å². The average Bonchev–Trinajstić information content (AvgIpc) is 2.86. The lowest BCUT2D eigenvalue weighted by molar-refractivity contribution is -0.118. The Morgan fingerprint density at radius 1 is 1.00 bits per heavy atom. The van der Waals surface area contributed by atoms with Gasteiger partial charge in [0.1, 0.15) is 11.6 Å². The molecule has 2 aliphatic rings. The van der Waals surface area contributed by atoms with E-state index in [1.807, 2.05) is 17.0 Å². The zero-order valence-corrected chi connectivity index (χ0v) is 19.1. The number of nitrogens with one attached hydrogen (secondary N) is 1. The highest BCUT2D eigenvalue weighted by molar-refractivity contribution is 5.99. The van der Waals surface area contributed by atoms with Crippen molar-refractivity contribution in [2.24, 2.45) is 5.92 Å². The number of amides is 2. The first-order chi connectivity index (χ1) is 16.5. The molecule has 34 heavy (non-hydrogen) atoms. The van der Waals surface area contributed by atoms with Gasteiger partial charge in [0, 0.05) is 24.6 Å². The van der Waals surface area contributed by atoms with E-state index >= 15 is 0 Å². The molecule has 2 aliphatic heterocycles. The van der Waals surface area contributed by atoms with Crippen molar-refractivity contribution >= 4 is 17.5 Å². The predicted octanol–water partition coefficient (Wildman–Crippen LogP) is 5.15. The van der Waals surface area contributed by atoms with Crippen molar-refractivity contribution < 1.29 is 18.7 Å². The third-order valence-electron chi connectivity index (χ3n) is 6.82. The third-order valence-corrected chi connectivity index (χ3v) is 6.82. The van der Waals surface area contributed by atoms with Crippen LogP contribution in [0.25, 0.3) is 0 Å². The van der Waals surface area contributed by atoms with Gasteiger partial charge in [-0.15, -0.1) is 0 Å². The number of fused-ring (bicyclic) bond motifs is 1. The van der Waals surface area contributed by atoms with E-state index in [1.165, 1.54) is 23.3 Å². The van der Waals surface area contributed by atoms with E-state index in [4.69, 9.17) is 4.74 Å². The highest BCUT2D eigenvalue weighted by atomic mass is 19.1. The van der Waals surface area contributed by atoms with E-state index in [0.717, 1.165) is 18.4 Å². The van der Waals surface area contributed by atoms with Gasteiger partial charge >= 0.3 is 0 Å². The molecule has 174 valence electrons. The first kappa shape index (κ1) is 22.1. The van der Waals surface area contributed by atoms with Crippen LogP contribution in [0.4, 0.5) is 10.1 Å². The fourth-order valence-corrected chi connectivity index (χ4v) is 5.02. The number of carbonyl (C=O) groups is 2. The monoisotopic (exact) mass is 458 g/mol. The molecular weight excluding hydrogens is 431 g/mol. The fraction of sp³-hybridized carbons (Fsp3) is 0.286. The van der Waals surface area contributed by atoms with E-state index in [2.05, 4.69) is 36.5 Å². The minimum atomic E-state index is -0.238. The highest BCUT2D eigenvalue weighted by Crippen LogP contribution is 2.38. The van der Waals surface area contributed by atoms with E-state index in [9.17, 15) is 14.0 Å². The number of anilines is 1. The number of halogens is 1. The number of rotatable bonds is 4. The Labute approximate surface area is 198 Å². The molecule has 0 bridgehead atoms. The van der Waals surface area contributed by atoms with Gasteiger partial charge in [0.25, 0.3) is 11.8 Å². The summed E-state index contributed by atoms with van der Waals surface area (Å²) in [5.74, 6) is 0.562. The summed E-state index contributed by atoms with van der Waals surface area (Å²) in [6.45, 7) is 3.35. The molecule has 0 unspecified atom stereocenters. The van der Waals surface area contributed by atoms with Crippen LogP contribution in [0.15, 0.2) is 66.7 Å². The van der Waals surface area contributed by atoms with Crippen LogP contribution in [0.5, 0.6) is 5.75 Å². The smallest absolute Gasteiger partial charge is 0.262 e. The first-order valence-corrected chi connectivity index (χ1v) is 11.7. The topological polar surface area (TPSA) is 58.6 Å². The van der Waals surface area contributed by atoms with Crippen molar-refractivity contribution in [3.63, 3.8) is 0 Å². The van der Waals surface area contributed by atoms with Crippen LogP contribution in [0.2, 0.25) is 0 Å². The van der Waals surface area contributed by atoms with E-state index < -0.39 is 0 Å². The van der Waals surface area contributed by atoms with E-state index in [1.54, 1.807) is 18.2 Å². The van der Waals surface area contributed by atoms with Crippen molar-refractivity contribution in [1.29, 1.82) is 0 Å². The number of carbonyl (C=O) groups excluding carboxylic acids is 2. The summed E-state index contributed by atoms with van der Waals surface area (Å²) in [6.07, 6.45) is 1.71. The van der Waals surface area contributed by atoms with Gasteiger partial charge in [0.05, 0.1) is 5.69 Å². The maximum absolute atomic E-state index is 13.6. The molecule has 1 saturated heterocycles. The second-order valence-electron chi connectivity index (χ2n) is 9.12. The third kappa shape index (κ3) is 4.53. The summed E-state index contributed by atoms with van der Waals surface area (Å²) >= 11 is 0. The Balaban J connectivity index is 1.33. The number of aryl methyl sites for hydroxylation is 1. The Morgan fingerprint density at radius 3 is 2.32 bits per heavy atom. The number of hydrogen-bond donors (Lipinski definition) is 1. The van der Waals surface area contributed by atoms with Crippen molar-refractivity contribution in [3.05, 3.63) is 94.8 Å². The Bertz CT molecular complexity index is 1150. The Kier molecular flexibility index (Phi) is 6.05. The SMILES string of the molecule is Cc1ccc([C@H](c2ccc(F)cc2)C2CCN(C(=O)c3ccc4c(c3)NC(=O)CO4)CC2)cc1. The molecule has 6 heteroatoms. The lowest BCUT2D eigenvalue weighted by Crippen LogP contribution is -2.40. The lowest BCUT2D eigenvalue weighted by atomic mass is 9.76. The molecule has 0 spiro atoms. The van der Waals surface area contributed by atoms with Crippen molar-refractivity contribution in [3.8, 4) is 5.75 Å². The number of nitrogens with zero attached hydrogens (tertiary/aromatic N) is 1. The summed E-state index contributed by atoms with van der Waals surface area (Å²) in [5, 5.41) is 2.76. The fourth-order valence-electron chi connectivity index (χ4n) is 5.02. The van der Waals surface area contributed by atoms with Crippen LogP contribution >= 0.6 is 0 Å². The molecule has 0 aliphatic carbocycles. The summed E-state index contributed by atoms with van der Waals surface area (Å²) in [4.78, 5) is 26.7. The van der Waals surface area contributed by atoms with Gasteiger partial charge in [-0.3, -0.25) is 9.59 Å². The van der Waals surface area contributed by atoms with Gasteiger partial charge in [-0.05, 0) is 67.1 Å². The number of hydrogen-bond acceptors (Lipinski definition) is 3. The maximum Gasteiger partial charge on any atom is 0.262 e. The number of ether oxygens (including phenoxy) is 1. The summed E-state index contributed by atoms with van der Waals surface area (Å²) in [6, 6.07) is 20.5. The molecule has 5 nitrogen and oxygen atoms in total. The zero-order chi connectivity index (χ0) is 23.7. The largest absolute Gasteiger partial charge is 0.482 e. The standard InChI is InChI=1S/C28H27FN2O3/c1-18-2-4-19(5-3-18)27(20-6-9-23(29)10-7-20)21-12-14-31(15-13-21)28(33)22-8-11-25-24(16-22)30-26(32)17-34-25/h2-11,16,21,27H,12-15,17H2,1H3,(H,30,32)/t27-/m1/s1. The first-order valence-electron chi connectivity index (χ1n) is 11.7. The summed E-state index contributed by atoms with van der Waals surface area (Å²) in [5.41, 5.74) is 4.59. The molecule has 2 heterocycles. The Morgan fingerprint density at radius 2 is 1.65 bits per heavy atom. The molecule has 1 N–H and O–H groups in total. The molecule has 3 aromatic carbocycles. The molecule has 1 atom stereocenters. The van der Waals surface area contributed by atoms with Crippen LogP contribution < -0.4 is 10.1 Å². The number of piperidine rings is 1. The molecule has 2 amide bonds. The molecule has 0 aromatic heterocycles. The highest BCUT2D eigenvalue weighted by Gasteiger charge is 2.31. The summed E-state index contributed by atoms with van der Waals surface area (Å²) < 4.78 is 19.0. The minimum absolute atomic E-state index is 0.00991. The molecule has 1 fully saturated rings. The van der Waals surface area contributed by atoms with Crippen molar-refractivity contribution in [2.75, 3.05) is 25.0 Å². The van der Waals surface area contributed by atoms with E-state index in [-0.39, 0.29) is 30.2 Å². The molecule has 0 saturated carbocycles. The normalized spacial score (nSPS) is 16.9. The summed E-state index contributed by atoms with van der Waals surface area (Å²) in [7, 11) is 0. The van der Waals surface area contributed by atoms with Crippen molar-refractivity contribution in [1.82, 2.24) is 4.90 Å². The van der Waals surface area contributed by atoms with Crippen LogP contribution in [0.1, 0.15) is 45.8 Å². The minimum Gasteiger partial charge on any atom is -0.482 e. The van der Waals surface area contributed by atoms with Gasteiger partial charge in [-0.25, -0.2) is 4.39 Å². The van der Waals surface area contributed by atoms with Gasteiger partial charge in [-0.2, -0.15) is 0 Å². The zero-order valence-electron chi connectivity index (χ0n) is 19.1. The van der Waals surface area contributed by atoms with Crippen LogP contribution in [-0.2, 0) is 4.79 Å². The second kappa shape index (κ2) is 9.29. The quantitative estimate of drug-likeness (QED) is 0.588. The molecule has 5 rings (SSSR count). The molecule has 3 aromatic rings. The molecule has 0 radical (unpaired) electrons. The maximum atomic E-state index is 13.6. The van der Waals surface area contributed by atoms with Crippen LogP contribution in [0.3, 0.4) is 0 Å². The lowest BCUT2D eigenvalue weighted by Gasteiger charge is -2.37. The van der Waals surface area contributed by atoms with E-state index in [0.29, 0.717) is 36.0 Å². The second-order valence-corrected chi connectivity index (χ2v) is 9.12. The van der Waals surface area contributed by atoms with Crippen LogP contribution in [0, 0.1) is 18.7 Å². The van der Waals surface area contributed by atoms with Gasteiger partial charge < -0.3 is 15.0 Å². The number of benzene rings is 3. The number of likely N-dealkylation sites (tertiary alicyclic amines) is 1. The predicted molar refractivity (Wildman–Crippen MR) is 129 cm³/mol. The Hall–Kier alpha value is -3.67. The van der Waals surface area contributed by atoms with Gasteiger partial charge in [0.15, 0.2) is 6.61 Å². The average molecular weight is 459 g/mol. The van der Waals surface area contributed by atoms with Gasteiger partial charge in [0.2, 0.25) is 0 Å². The molecular formula is C28H27FN2O3. The van der Waals surface area contributed by atoms with Gasteiger partial charge in [-0.1, -0.05) is 42.0 Å².